The first-order chi connectivity index (χ1) is 9.78. The minimum atomic E-state index is 0.293. The summed E-state index contributed by atoms with van der Waals surface area (Å²) in [5.41, 5.74) is 3.92. The summed E-state index contributed by atoms with van der Waals surface area (Å²) in [7, 11) is 1.74. The maximum absolute atomic E-state index is 5.43. The fourth-order valence-corrected chi connectivity index (χ4v) is 3.28. The van der Waals surface area contributed by atoms with Gasteiger partial charge in [-0.05, 0) is 49.6 Å². The fraction of sp³-hybridized carbons (Fsp3) is 0.667. The van der Waals surface area contributed by atoms with E-state index in [1.165, 1.54) is 16.7 Å². The van der Waals surface area contributed by atoms with Crippen molar-refractivity contribution in [3.8, 4) is 5.75 Å². The van der Waals surface area contributed by atoms with E-state index in [2.05, 4.69) is 59.0 Å². The third-order valence-electron chi connectivity index (χ3n) is 3.48. The lowest BCUT2D eigenvalue weighted by molar-refractivity contribution is 0.411. The summed E-state index contributed by atoms with van der Waals surface area (Å²) in [6.45, 7) is 14.4. The minimum Gasteiger partial charge on any atom is -0.496 e. The quantitative estimate of drug-likeness (QED) is 0.775. The highest BCUT2D eigenvalue weighted by Gasteiger charge is 2.19. The zero-order valence-electron chi connectivity index (χ0n) is 14.7. The molecule has 0 aromatic heterocycles. The number of rotatable bonds is 7. The van der Waals surface area contributed by atoms with Gasteiger partial charge in [-0.3, -0.25) is 0 Å². The maximum Gasteiger partial charge on any atom is 0.122 e. The number of benzene rings is 1. The van der Waals surface area contributed by atoms with E-state index >= 15 is 0 Å². The summed E-state index contributed by atoms with van der Waals surface area (Å²) in [6, 6.07) is 4.84. The highest BCUT2D eigenvalue weighted by Crippen LogP contribution is 2.32. The van der Waals surface area contributed by atoms with Crippen molar-refractivity contribution in [3.63, 3.8) is 0 Å². The summed E-state index contributed by atoms with van der Waals surface area (Å²) in [6.07, 6.45) is 1.16. The summed E-state index contributed by atoms with van der Waals surface area (Å²) >= 11 is 2.02. The maximum atomic E-state index is 5.43. The molecule has 1 atom stereocenters. The minimum absolute atomic E-state index is 0.293. The van der Waals surface area contributed by atoms with Crippen molar-refractivity contribution >= 4 is 11.8 Å². The van der Waals surface area contributed by atoms with Gasteiger partial charge in [0.15, 0.2) is 0 Å². The molecule has 120 valence electrons. The van der Waals surface area contributed by atoms with Crippen LogP contribution in [-0.4, -0.2) is 24.2 Å². The number of methoxy groups -OCH3 is 1. The summed E-state index contributed by atoms with van der Waals surface area (Å²) in [4.78, 5) is 0. The number of ether oxygens (including phenoxy) is 1. The second-order valence-electron chi connectivity index (χ2n) is 6.61. The molecule has 0 spiro atoms. The van der Waals surface area contributed by atoms with Gasteiger partial charge in [-0.1, -0.05) is 33.8 Å². The van der Waals surface area contributed by atoms with Crippen LogP contribution in [0.15, 0.2) is 12.1 Å². The Labute approximate surface area is 135 Å². The first kappa shape index (κ1) is 18.4. The largest absolute Gasteiger partial charge is 0.496 e. The van der Waals surface area contributed by atoms with Gasteiger partial charge in [-0.2, -0.15) is 11.8 Å². The Balaban J connectivity index is 2.99. The molecule has 1 unspecified atom stereocenters. The van der Waals surface area contributed by atoms with Gasteiger partial charge in [0.25, 0.3) is 0 Å². The highest BCUT2D eigenvalue weighted by molar-refractivity contribution is 8.00. The molecular formula is C18H31NOS. The average Bonchev–Trinajstić information content (AvgIpc) is 2.40. The van der Waals surface area contributed by atoms with Gasteiger partial charge in [-0.25, -0.2) is 0 Å². The van der Waals surface area contributed by atoms with Gasteiger partial charge in [0.2, 0.25) is 0 Å². The molecule has 3 heteroatoms. The molecule has 0 bridgehead atoms. The van der Waals surface area contributed by atoms with Crippen LogP contribution >= 0.6 is 11.8 Å². The predicted octanol–water partition coefficient (Wildman–Crippen LogP) is 4.88. The summed E-state index contributed by atoms with van der Waals surface area (Å²) in [5, 5.41) is 3.70. The van der Waals surface area contributed by atoms with Crippen molar-refractivity contribution < 1.29 is 4.74 Å². The molecule has 21 heavy (non-hydrogen) atoms. The molecule has 1 rings (SSSR count). The lowest BCUT2D eigenvalue weighted by Gasteiger charge is -2.26. The van der Waals surface area contributed by atoms with Crippen LogP contribution in [0.3, 0.4) is 0 Å². The van der Waals surface area contributed by atoms with Gasteiger partial charge in [0, 0.05) is 16.5 Å². The van der Waals surface area contributed by atoms with Crippen molar-refractivity contribution in [1.82, 2.24) is 5.32 Å². The Kier molecular flexibility index (Phi) is 7.08. The van der Waals surface area contributed by atoms with Gasteiger partial charge in [-0.15, -0.1) is 0 Å². The van der Waals surface area contributed by atoms with Crippen LogP contribution in [0.1, 0.15) is 56.8 Å². The molecule has 0 heterocycles. The molecule has 1 aromatic carbocycles. The highest BCUT2D eigenvalue weighted by atomic mass is 32.2. The van der Waals surface area contributed by atoms with Gasteiger partial charge in [0.1, 0.15) is 5.75 Å². The number of hydrogen-bond donors (Lipinski definition) is 1. The predicted molar refractivity (Wildman–Crippen MR) is 95.7 cm³/mol. The second kappa shape index (κ2) is 8.09. The average molecular weight is 310 g/mol. The van der Waals surface area contributed by atoms with E-state index in [1.54, 1.807) is 7.11 Å². The van der Waals surface area contributed by atoms with E-state index in [-0.39, 0.29) is 0 Å². The van der Waals surface area contributed by atoms with Gasteiger partial charge >= 0.3 is 0 Å². The van der Waals surface area contributed by atoms with Crippen molar-refractivity contribution in [1.29, 1.82) is 0 Å². The normalized spacial score (nSPS) is 13.3. The molecule has 0 aliphatic heterocycles. The van der Waals surface area contributed by atoms with Crippen LogP contribution in [0, 0.1) is 13.8 Å². The molecule has 0 fully saturated rings. The molecule has 0 aliphatic carbocycles. The Hall–Kier alpha value is -0.670. The van der Waals surface area contributed by atoms with E-state index in [0.29, 0.717) is 10.8 Å². The number of hydrogen-bond acceptors (Lipinski definition) is 3. The second-order valence-corrected chi connectivity index (χ2v) is 8.46. The molecule has 1 aromatic rings. The molecule has 0 saturated carbocycles. The molecule has 0 aliphatic rings. The SMILES string of the molecule is CCCNC(CSC(C)(C)C)c1cc(C)c(OC)cc1C. The van der Waals surface area contributed by atoms with Gasteiger partial charge < -0.3 is 10.1 Å². The van der Waals surface area contributed by atoms with Gasteiger partial charge in [0.05, 0.1) is 7.11 Å². The van der Waals surface area contributed by atoms with Crippen LogP contribution in [0.5, 0.6) is 5.75 Å². The smallest absolute Gasteiger partial charge is 0.122 e. The van der Waals surface area contributed by atoms with Crippen molar-refractivity contribution in [2.75, 3.05) is 19.4 Å². The molecule has 1 N–H and O–H groups in total. The Morgan fingerprint density at radius 3 is 2.38 bits per heavy atom. The molecular weight excluding hydrogens is 278 g/mol. The fourth-order valence-electron chi connectivity index (χ4n) is 2.32. The lowest BCUT2D eigenvalue weighted by atomic mass is 9.99. The Morgan fingerprint density at radius 2 is 1.86 bits per heavy atom. The summed E-state index contributed by atoms with van der Waals surface area (Å²) < 4.78 is 5.72. The zero-order valence-corrected chi connectivity index (χ0v) is 15.5. The van der Waals surface area contributed by atoms with E-state index < -0.39 is 0 Å². The molecule has 2 nitrogen and oxygen atoms in total. The van der Waals surface area contributed by atoms with Crippen molar-refractivity contribution in [3.05, 3.63) is 28.8 Å². The third kappa shape index (κ3) is 5.91. The van der Waals surface area contributed by atoms with Crippen LogP contribution < -0.4 is 10.1 Å². The lowest BCUT2D eigenvalue weighted by Crippen LogP contribution is -2.26. The molecule has 0 radical (unpaired) electrons. The standard InChI is InChI=1S/C18H31NOS/c1-8-9-19-16(12-21-18(4,5)6)15-10-14(3)17(20-7)11-13(15)2/h10-11,16,19H,8-9,12H2,1-7H3. The Bertz CT molecular complexity index is 451. The first-order valence-corrected chi connectivity index (χ1v) is 8.79. The third-order valence-corrected chi connectivity index (χ3v) is 4.85. The first-order valence-electron chi connectivity index (χ1n) is 7.81. The number of nitrogens with one attached hydrogen (secondary N) is 1. The van der Waals surface area contributed by atoms with Crippen LogP contribution in [0.25, 0.3) is 0 Å². The van der Waals surface area contributed by atoms with E-state index in [9.17, 15) is 0 Å². The number of thioether (sulfide) groups is 1. The summed E-state index contributed by atoms with van der Waals surface area (Å²) in [5.74, 6) is 2.07. The number of aryl methyl sites for hydroxylation is 2. The van der Waals surface area contributed by atoms with E-state index in [4.69, 9.17) is 4.74 Å². The topological polar surface area (TPSA) is 21.3 Å². The van der Waals surface area contributed by atoms with Crippen molar-refractivity contribution in [2.45, 2.75) is 58.8 Å². The van der Waals surface area contributed by atoms with E-state index in [0.717, 1.165) is 24.5 Å². The van der Waals surface area contributed by atoms with Crippen LogP contribution in [-0.2, 0) is 0 Å². The van der Waals surface area contributed by atoms with E-state index in [1.807, 2.05) is 11.8 Å². The Morgan fingerprint density at radius 1 is 1.19 bits per heavy atom. The van der Waals surface area contributed by atoms with Crippen LogP contribution in [0.2, 0.25) is 0 Å². The molecule has 0 saturated heterocycles. The van der Waals surface area contributed by atoms with Crippen molar-refractivity contribution in [2.24, 2.45) is 0 Å². The van der Waals surface area contributed by atoms with Crippen LogP contribution in [0.4, 0.5) is 0 Å². The zero-order chi connectivity index (χ0) is 16.0. The monoisotopic (exact) mass is 309 g/mol. The molecule has 0 amide bonds.